The van der Waals surface area contributed by atoms with Crippen molar-refractivity contribution in [2.45, 2.75) is 32.0 Å². The second kappa shape index (κ2) is 6.78. The molecule has 0 unspecified atom stereocenters. The quantitative estimate of drug-likeness (QED) is 0.638. The Kier molecular flexibility index (Phi) is 5.62. The molecule has 1 aliphatic heterocycles. The van der Waals surface area contributed by atoms with Gasteiger partial charge in [0.05, 0.1) is 24.9 Å². The second-order valence-corrected chi connectivity index (χ2v) is 4.05. The van der Waals surface area contributed by atoms with E-state index < -0.39 is 0 Å². The van der Waals surface area contributed by atoms with Gasteiger partial charge in [-0.2, -0.15) is 5.26 Å². The van der Waals surface area contributed by atoms with Gasteiger partial charge in [-0.1, -0.05) is 0 Å². The molecule has 1 aliphatic rings. The molecule has 1 heterocycles. The summed E-state index contributed by atoms with van der Waals surface area (Å²) in [5, 5.41) is 8.47. The van der Waals surface area contributed by atoms with Crippen molar-refractivity contribution in [2.24, 2.45) is 0 Å². The highest BCUT2D eigenvalue weighted by Crippen LogP contribution is 2.11. The van der Waals surface area contributed by atoms with Gasteiger partial charge in [0, 0.05) is 26.6 Å². The van der Waals surface area contributed by atoms with Crippen molar-refractivity contribution in [1.82, 2.24) is 4.90 Å². The number of nitrogens with zero attached hydrogens (tertiary/aromatic N) is 2. The lowest BCUT2D eigenvalue weighted by atomic mass is 10.2. The zero-order valence-electron chi connectivity index (χ0n) is 9.61. The fourth-order valence-electron chi connectivity index (χ4n) is 1.98. The lowest BCUT2D eigenvalue weighted by Crippen LogP contribution is -2.48. The van der Waals surface area contributed by atoms with E-state index in [1.165, 1.54) is 0 Å². The minimum atomic E-state index is 0.181. The van der Waals surface area contributed by atoms with Gasteiger partial charge in [-0.25, -0.2) is 0 Å². The monoisotopic (exact) mass is 212 g/mol. The number of nitriles is 1. The molecule has 0 aromatic carbocycles. The highest BCUT2D eigenvalue weighted by atomic mass is 16.5. The SMILES string of the molecule is COC[C@H]1CN(CCCC#N)C[C@H](C)O1. The van der Waals surface area contributed by atoms with E-state index in [2.05, 4.69) is 17.9 Å². The molecule has 1 fully saturated rings. The molecule has 4 nitrogen and oxygen atoms in total. The topological polar surface area (TPSA) is 45.5 Å². The molecule has 0 saturated carbocycles. The fourth-order valence-corrected chi connectivity index (χ4v) is 1.98. The van der Waals surface area contributed by atoms with Gasteiger partial charge in [0.25, 0.3) is 0 Å². The third-order valence-electron chi connectivity index (χ3n) is 2.52. The summed E-state index contributed by atoms with van der Waals surface area (Å²) in [6.07, 6.45) is 2.03. The van der Waals surface area contributed by atoms with Crippen LogP contribution < -0.4 is 0 Å². The van der Waals surface area contributed by atoms with Crippen LogP contribution in [0, 0.1) is 11.3 Å². The number of methoxy groups -OCH3 is 1. The molecule has 0 aromatic heterocycles. The molecular formula is C11H20N2O2. The van der Waals surface area contributed by atoms with Gasteiger partial charge < -0.3 is 9.47 Å². The Morgan fingerprint density at radius 2 is 2.33 bits per heavy atom. The summed E-state index contributed by atoms with van der Waals surface area (Å²) in [5.41, 5.74) is 0. The first-order valence-corrected chi connectivity index (χ1v) is 5.50. The molecule has 0 amide bonds. The molecule has 0 bridgehead atoms. The molecule has 2 atom stereocenters. The fraction of sp³-hybridized carbons (Fsp3) is 0.909. The third-order valence-corrected chi connectivity index (χ3v) is 2.52. The maximum Gasteiger partial charge on any atom is 0.0939 e. The Morgan fingerprint density at radius 1 is 1.53 bits per heavy atom. The van der Waals surface area contributed by atoms with Crippen molar-refractivity contribution in [2.75, 3.05) is 33.4 Å². The van der Waals surface area contributed by atoms with E-state index >= 15 is 0 Å². The van der Waals surface area contributed by atoms with Crippen LogP contribution in [0.15, 0.2) is 0 Å². The van der Waals surface area contributed by atoms with E-state index in [4.69, 9.17) is 14.7 Å². The predicted octanol–water partition coefficient (Wildman–Crippen LogP) is 1.03. The maximum atomic E-state index is 8.47. The Balaban J connectivity index is 2.28. The Morgan fingerprint density at radius 3 is 3.00 bits per heavy atom. The van der Waals surface area contributed by atoms with Crippen molar-refractivity contribution >= 4 is 0 Å². The van der Waals surface area contributed by atoms with Crippen LogP contribution in [-0.4, -0.2) is 50.5 Å². The molecule has 4 heteroatoms. The minimum Gasteiger partial charge on any atom is -0.382 e. The Hall–Kier alpha value is -0.630. The lowest BCUT2D eigenvalue weighted by molar-refractivity contribution is -0.101. The summed E-state index contributed by atoms with van der Waals surface area (Å²) in [7, 11) is 1.70. The number of unbranched alkanes of at least 4 members (excludes halogenated alkanes) is 1. The Bertz CT molecular complexity index is 215. The van der Waals surface area contributed by atoms with Crippen LogP contribution in [0.1, 0.15) is 19.8 Å². The number of ether oxygens (including phenoxy) is 2. The van der Waals surface area contributed by atoms with Crippen LogP contribution in [0.3, 0.4) is 0 Å². The standard InChI is InChI=1S/C11H20N2O2/c1-10-7-13(6-4-3-5-12)8-11(15-10)9-14-2/h10-11H,3-4,6-9H2,1-2H3/t10-,11+/m0/s1. The van der Waals surface area contributed by atoms with E-state index in [1.807, 2.05) is 0 Å². The smallest absolute Gasteiger partial charge is 0.0939 e. The van der Waals surface area contributed by atoms with Gasteiger partial charge >= 0.3 is 0 Å². The van der Waals surface area contributed by atoms with Gasteiger partial charge in [-0.3, -0.25) is 4.90 Å². The normalized spacial score (nSPS) is 27.5. The molecule has 15 heavy (non-hydrogen) atoms. The molecule has 86 valence electrons. The van der Waals surface area contributed by atoms with E-state index in [1.54, 1.807) is 7.11 Å². The molecule has 0 radical (unpaired) electrons. The van der Waals surface area contributed by atoms with Crippen LogP contribution in [0.25, 0.3) is 0 Å². The molecule has 1 saturated heterocycles. The summed E-state index contributed by atoms with van der Waals surface area (Å²) in [6.45, 7) is 5.61. The number of hydrogen-bond acceptors (Lipinski definition) is 4. The van der Waals surface area contributed by atoms with Gasteiger partial charge in [0.1, 0.15) is 0 Å². The largest absolute Gasteiger partial charge is 0.382 e. The van der Waals surface area contributed by atoms with Crippen molar-refractivity contribution in [1.29, 1.82) is 5.26 Å². The molecule has 1 rings (SSSR count). The zero-order chi connectivity index (χ0) is 11.1. The zero-order valence-corrected chi connectivity index (χ0v) is 9.61. The van der Waals surface area contributed by atoms with E-state index in [0.29, 0.717) is 13.0 Å². The van der Waals surface area contributed by atoms with Crippen LogP contribution in [-0.2, 0) is 9.47 Å². The second-order valence-electron chi connectivity index (χ2n) is 4.05. The lowest BCUT2D eigenvalue weighted by Gasteiger charge is -2.36. The predicted molar refractivity (Wildman–Crippen MR) is 57.5 cm³/mol. The first-order chi connectivity index (χ1) is 7.26. The first kappa shape index (κ1) is 12.4. The summed E-state index contributed by atoms with van der Waals surface area (Å²) in [6, 6.07) is 2.17. The number of rotatable bonds is 5. The van der Waals surface area contributed by atoms with Crippen molar-refractivity contribution in [3.8, 4) is 6.07 Å². The summed E-state index contributed by atoms with van der Waals surface area (Å²) in [5.74, 6) is 0. The average Bonchev–Trinajstić information content (AvgIpc) is 2.18. The highest BCUT2D eigenvalue weighted by molar-refractivity contribution is 4.77. The first-order valence-electron chi connectivity index (χ1n) is 5.50. The third kappa shape index (κ3) is 4.61. The Labute approximate surface area is 91.8 Å². The van der Waals surface area contributed by atoms with Crippen molar-refractivity contribution in [3.63, 3.8) is 0 Å². The molecule has 0 N–H and O–H groups in total. The van der Waals surface area contributed by atoms with Crippen molar-refractivity contribution < 1.29 is 9.47 Å². The van der Waals surface area contributed by atoms with Crippen LogP contribution >= 0.6 is 0 Å². The highest BCUT2D eigenvalue weighted by Gasteiger charge is 2.24. The van der Waals surface area contributed by atoms with E-state index in [9.17, 15) is 0 Å². The number of morpholine rings is 1. The summed E-state index contributed by atoms with van der Waals surface area (Å²) in [4.78, 5) is 2.36. The molecule has 0 aromatic rings. The van der Waals surface area contributed by atoms with E-state index in [-0.39, 0.29) is 12.2 Å². The summed E-state index contributed by atoms with van der Waals surface area (Å²) < 4.78 is 10.8. The number of hydrogen-bond donors (Lipinski definition) is 0. The van der Waals surface area contributed by atoms with Crippen molar-refractivity contribution in [3.05, 3.63) is 0 Å². The summed E-state index contributed by atoms with van der Waals surface area (Å²) >= 11 is 0. The van der Waals surface area contributed by atoms with Gasteiger partial charge in [0.2, 0.25) is 0 Å². The maximum absolute atomic E-state index is 8.47. The molecular weight excluding hydrogens is 192 g/mol. The minimum absolute atomic E-state index is 0.181. The van der Waals surface area contributed by atoms with Crippen LogP contribution in [0.2, 0.25) is 0 Å². The molecule has 0 spiro atoms. The van der Waals surface area contributed by atoms with Crippen LogP contribution in [0.5, 0.6) is 0 Å². The van der Waals surface area contributed by atoms with Gasteiger partial charge in [-0.15, -0.1) is 0 Å². The van der Waals surface area contributed by atoms with Crippen LogP contribution in [0.4, 0.5) is 0 Å². The van der Waals surface area contributed by atoms with E-state index in [0.717, 1.165) is 26.1 Å². The van der Waals surface area contributed by atoms with Gasteiger partial charge in [-0.05, 0) is 19.9 Å². The van der Waals surface area contributed by atoms with Gasteiger partial charge in [0.15, 0.2) is 0 Å². The average molecular weight is 212 g/mol. The molecule has 0 aliphatic carbocycles.